The summed E-state index contributed by atoms with van der Waals surface area (Å²) in [5.41, 5.74) is -0.0449. The average Bonchev–Trinajstić information content (AvgIpc) is 2.32. The largest absolute Gasteiger partial charge is 0.479 e. The first-order chi connectivity index (χ1) is 5.04. The van der Waals surface area contributed by atoms with Crippen LogP contribution in [-0.4, -0.2) is 12.1 Å². The normalized spacial score (nSPS) is 11.6. The van der Waals surface area contributed by atoms with Gasteiger partial charge in [-0.25, -0.2) is 0 Å². The van der Waals surface area contributed by atoms with Gasteiger partial charge in [0.05, 0.1) is 7.11 Å². The van der Waals surface area contributed by atoms with Crippen molar-refractivity contribution in [2.24, 2.45) is 0 Å². The molecule has 0 aliphatic rings. The molecule has 62 valence electrons. The van der Waals surface area contributed by atoms with E-state index in [1.54, 1.807) is 7.11 Å². The Morgan fingerprint density at radius 2 is 2.09 bits per heavy atom. The highest BCUT2D eigenvalue weighted by molar-refractivity contribution is 5.07. The minimum absolute atomic E-state index is 0.0449. The molecule has 3 nitrogen and oxygen atoms in total. The van der Waals surface area contributed by atoms with Crippen molar-refractivity contribution in [2.45, 2.75) is 26.2 Å². The Kier molecular flexibility index (Phi) is 1.89. The minimum Gasteiger partial charge on any atom is -0.479 e. The van der Waals surface area contributed by atoms with E-state index < -0.39 is 0 Å². The van der Waals surface area contributed by atoms with Crippen LogP contribution in [0.2, 0.25) is 0 Å². The molecule has 0 aliphatic heterocycles. The van der Waals surface area contributed by atoms with Gasteiger partial charge in [0.2, 0.25) is 5.89 Å². The molecular formula is C8H13NO2. The van der Waals surface area contributed by atoms with E-state index in [2.05, 4.69) is 4.98 Å². The van der Waals surface area contributed by atoms with Crippen LogP contribution in [0.25, 0.3) is 0 Å². The molecule has 0 aromatic carbocycles. The first-order valence-corrected chi connectivity index (χ1v) is 3.54. The monoisotopic (exact) mass is 155 g/mol. The second-order valence-electron chi connectivity index (χ2n) is 3.45. The van der Waals surface area contributed by atoms with Crippen LogP contribution < -0.4 is 4.74 Å². The molecule has 0 bridgehead atoms. The van der Waals surface area contributed by atoms with E-state index >= 15 is 0 Å². The second-order valence-corrected chi connectivity index (χ2v) is 3.45. The van der Waals surface area contributed by atoms with Crippen molar-refractivity contribution in [3.63, 3.8) is 0 Å². The van der Waals surface area contributed by atoms with Gasteiger partial charge in [-0.2, -0.15) is 4.98 Å². The first-order valence-electron chi connectivity index (χ1n) is 3.54. The second kappa shape index (κ2) is 2.57. The summed E-state index contributed by atoms with van der Waals surface area (Å²) in [6.07, 6.45) is 1.51. The highest BCUT2D eigenvalue weighted by Gasteiger charge is 2.20. The van der Waals surface area contributed by atoms with E-state index in [4.69, 9.17) is 9.15 Å². The van der Waals surface area contributed by atoms with Crippen molar-refractivity contribution in [3.8, 4) is 5.88 Å². The zero-order chi connectivity index (χ0) is 8.48. The number of hydrogen-bond donors (Lipinski definition) is 0. The van der Waals surface area contributed by atoms with Crippen molar-refractivity contribution >= 4 is 0 Å². The predicted octanol–water partition coefficient (Wildman–Crippen LogP) is 1.98. The van der Waals surface area contributed by atoms with E-state index in [9.17, 15) is 0 Å². The van der Waals surface area contributed by atoms with Gasteiger partial charge in [-0.05, 0) is 0 Å². The van der Waals surface area contributed by atoms with Crippen LogP contribution in [0, 0.1) is 0 Å². The molecule has 0 amide bonds. The molecule has 0 spiro atoms. The van der Waals surface area contributed by atoms with Crippen molar-refractivity contribution in [1.82, 2.24) is 4.98 Å². The third kappa shape index (κ3) is 1.73. The Labute approximate surface area is 66.4 Å². The Bertz CT molecular complexity index is 234. The maximum absolute atomic E-state index is 5.18. The Hall–Kier alpha value is -0.990. The lowest BCUT2D eigenvalue weighted by Crippen LogP contribution is -2.11. The fraction of sp³-hybridized carbons (Fsp3) is 0.625. The number of oxazole rings is 1. The predicted molar refractivity (Wildman–Crippen MR) is 41.8 cm³/mol. The lowest BCUT2D eigenvalue weighted by atomic mass is 9.97. The molecule has 0 atom stereocenters. The lowest BCUT2D eigenvalue weighted by Gasteiger charge is -2.11. The lowest BCUT2D eigenvalue weighted by molar-refractivity contribution is 0.390. The zero-order valence-corrected chi connectivity index (χ0v) is 7.34. The number of hydrogen-bond acceptors (Lipinski definition) is 3. The van der Waals surface area contributed by atoms with Crippen LogP contribution in [0.5, 0.6) is 5.88 Å². The maximum atomic E-state index is 5.18. The van der Waals surface area contributed by atoms with E-state index in [1.165, 1.54) is 6.26 Å². The average molecular weight is 155 g/mol. The molecule has 1 heterocycles. The Balaban J connectivity index is 2.89. The van der Waals surface area contributed by atoms with Gasteiger partial charge in [0.15, 0.2) is 6.26 Å². The number of nitrogens with zero attached hydrogens (tertiary/aromatic N) is 1. The molecule has 0 saturated heterocycles. The van der Waals surface area contributed by atoms with Gasteiger partial charge in [0, 0.05) is 5.41 Å². The quantitative estimate of drug-likeness (QED) is 0.622. The fourth-order valence-electron chi connectivity index (χ4n) is 0.697. The van der Waals surface area contributed by atoms with Crippen molar-refractivity contribution in [3.05, 3.63) is 12.2 Å². The molecular weight excluding hydrogens is 142 g/mol. The molecule has 1 aromatic heterocycles. The summed E-state index contributed by atoms with van der Waals surface area (Å²) in [5, 5.41) is 0. The summed E-state index contributed by atoms with van der Waals surface area (Å²) in [7, 11) is 1.57. The molecule has 11 heavy (non-hydrogen) atoms. The molecule has 0 saturated carbocycles. The molecule has 0 unspecified atom stereocenters. The molecule has 0 radical (unpaired) electrons. The minimum atomic E-state index is -0.0449. The molecule has 0 fully saturated rings. The molecule has 0 aliphatic carbocycles. The van der Waals surface area contributed by atoms with Gasteiger partial charge in [0.25, 0.3) is 5.88 Å². The van der Waals surface area contributed by atoms with Gasteiger partial charge in [-0.1, -0.05) is 20.8 Å². The van der Waals surface area contributed by atoms with E-state index in [1.807, 2.05) is 20.8 Å². The number of methoxy groups -OCH3 is 1. The topological polar surface area (TPSA) is 35.3 Å². The van der Waals surface area contributed by atoms with Crippen LogP contribution in [0.1, 0.15) is 26.7 Å². The summed E-state index contributed by atoms with van der Waals surface area (Å²) in [5.74, 6) is 1.24. The number of rotatable bonds is 1. The standard InChI is InChI=1S/C8H13NO2/c1-8(2,3)7-9-6(10-4)5-11-7/h5H,1-4H3. The van der Waals surface area contributed by atoms with Crippen molar-refractivity contribution in [1.29, 1.82) is 0 Å². The molecule has 1 rings (SSSR count). The van der Waals surface area contributed by atoms with E-state index in [0.717, 1.165) is 0 Å². The number of aromatic nitrogens is 1. The van der Waals surface area contributed by atoms with Gasteiger partial charge in [-0.15, -0.1) is 0 Å². The molecule has 3 heteroatoms. The van der Waals surface area contributed by atoms with Gasteiger partial charge in [-0.3, -0.25) is 0 Å². The Morgan fingerprint density at radius 1 is 1.45 bits per heavy atom. The third-order valence-electron chi connectivity index (χ3n) is 1.33. The van der Waals surface area contributed by atoms with Crippen LogP contribution in [0.15, 0.2) is 10.7 Å². The van der Waals surface area contributed by atoms with Gasteiger partial charge < -0.3 is 9.15 Å². The van der Waals surface area contributed by atoms with Crippen molar-refractivity contribution in [2.75, 3.05) is 7.11 Å². The first kappa shape index (κ1) is 8.11. The van der Waals surface area contributed by atoms with E-state index in [-0.39, 0.29) is 5.41 Å². The smallest absolute Gasteiger partial charge is 0.252 e. The Morgan fingerprint density at radius 3 is 2.36 bits per heavy atom. The van der Waals surface area contributed by atoms with Crippen LogP contribution in [0.3, 0.4) is 0 Å². The summed E-state index contributed by atoms with van der Waals surface area (Å²) >= 11 is 0. The third-order valence-corrected chi connectivity index (χ3v) is 1.33. The highest BCUT2D eigenvalue weighted by atomic mass is 16.5. The maximum Gasteiger partial charge on any atom is 0.252 e. The summed E-state index contributed by atoms with van der Waals surface area (Å²) in [4.78, 5) is 4.11. The zero-order valence-electron chi connectivity index (χ0n) is 7.34. The summed E-state index contributed by atoms with van der Waals surface area (Å²) < 4.78 is 10.1. The summed E-state index contributed by atoms with van der Waals surface area (Å²) in [6.45, 7) is 6.12. The van der Waals surface area contributed by atoms with Gasteiger partial charge in [0.1, 0.15) is 0 Å². The van der Waals surface area contributed by atoms with Crippen molar-refractivity contribution < 1.29 is 9.15 Å². The SMILES string of the molecule is COc1coc(C(C)(C)C)n1. The van der Waals surface area contributed by atoms with Crippen LogP contribution in [0.4, 0.5) is 0 Å². The van der Waals surface area contributed by atoms with Crippen LogP contribution in [-0.2, 0) is 5.41 Å². The van der Waals surface area contributed by atoms with Gasteiger partial charge >= 0.3 is 0 Å². The number of ether oxygens (including phenoxy) is 1. The summed E-state index contributed by atoms with van der Waals surface area (Å²) in [6, 6.07) is 0. The highest BCUT2D eigenvalue weighted by Crippen LogP contribution is 2.23. The van der Waals surface area contributed by atoms with Crippen LogP contribution >= 0.6 is 0 Å². The fourth-order valence-corrected chi connectivity index (χ4v) is 0.697. The van der Waals surface area contributed by atoms with E-state index in [0.29, 0.717) is 11.8 Å². The molecule has 0 N–H and O–H groups in total. The molecule has 1 aromatic rings.